The summed E-state index contributed by atoms with van der Waals surface area (Å²) in [6.07, 6.45) is 3.04. The van der Waals surface area contributed by atoms with Crippen LogP contribution in [0.1, 0.15) is 31.2 Å². The quantitative estimate of drug-likeness (QED) is 0.701. The predicted molar refractivity (Wildman–Crippen MR) is 100 cm³/mol. The first-order valence-electron chi connectivity index (χ1n) is 9.21. The first kappa shape index (κ1) is 17.2. The van der Waals surface area contributed by atoms with Gasteiger partial charge in [-0.15, -0.1) is 0 Å². The molecule has 3 atom stereocenters. The van der Waals surface area contributed by atoms with Crippen molar-refractivity contribution in [3.63, 3.8) is 0 Å². The minimum absolute atomic E-state index is 0.191. The molecule has 136 valence electrons. The number of nitrogens with two attached hydrogens (primary N) is 1. The molecule has 0 saturated heterocycles. The van der Waals surface area contributed by atoms with Gasteiger partial charge >= 0.3 is 0 Å². The number of rotatable bonds is 4. The maximum absolute atomic E-state index is 10.3. The second-order valence-electron chi connectivity index (χ2n) is 6.97. The number of fused-ring (bicyclic) bond motifs is 1. The molecule has 0 radical (unpaired) electrons. The van der Waals surface area contributed by atoms with Crippen LogP contribution in [-0.4, -0.2) is 28.3 Å². The lowest BCUT2D eigenvalue weighted by molar-refractivity contribution is -0.0544. The Morgan fingerprint density at radius 1 is 1.08 bits per heavy atom. The molecule has 1 aliphatic rings. The van der Waals surface area contributed by atoms with E-state index >= 15 is 0 Å². The molecule has 0 aliphatic heterocycles. The van der Waals surface area contributed by atoms with Gasteiger partial charge in [-0.25, -0.2) is 4.98 Å². The molecule has 0 amide bonds. The summed E-state index contributed by atoms with van der Waals surface area (Å²) in [5, 5.41) is 10.3. The van der Waals surface area contributed by atoms with E-state index in [-0.39, 0.29) is 12.1 Å². The van der Waals surface area contributed by atoms with E-state index in [1.807, 2.05) is 48.5 Å². The molecule has 0 spiro atoms. The Balaban J connectivity index is 1.42. The molecule has 2 aromatic carbocycles. The highest BCUT2D eigenvalue weighted by molar-refractivity contribution is 5.75. The number of benzene rings is 2. The van der Waals surface area contributed by atoms with Crippen LogP contribution in [0.4, 0.5) is 0 Å². The Kier molecular flexibility index (Phi) is 5.02. The molecule has 3 N–H and O–H groups in total. The van der Waals surface area contributed by atoms with Crippen LogP contribution in [0.15, 0.2) is 52.9 Å². The number of nitrogens with zero attached hydrogens (tertiary/aromatic N) is 1. The van der Waals surface area contributed by atoms with Crippen molar-refractivity contribution in [2.75, 3.05) is 0 Å². The summed E-state index contributed by atoms with van der Waals surface area (Å²) in [5.41, 5.74) is 9.63. The number of hydrogen-bond donors (Lipinski definition) is 2. The van der Waals surface area contributed by atoms with E-state index in [9.17, 15) is 5.11 Å². The van der Waals surface area contributed by atoms with Gasteiger partial charge in [-0.05, 0) is 42.7 Å². The van der Waals surface area contributed by atoms with Crippen LogP contribution in [0.25, 0.3) is 22.6 Å². The molecule has 5 nitrogen and oxygen atoms in total. The summed E-state index contributed by atoms with van der Waals surface area (Å²) < 4.78 is 11.8. The zero-order chi connectivity index (χ0) is 17.9. The molecule has 0 bridgehead atoms. The van der Waals surface area contributed by atoms with E-state index in [0.29, 0.717) is 12.5 Å². The van der Waals surface area contributed by atoms with Crippen molar-refractivity contribution in [1.29, 1.82) is 0 Å². The minimum Gasteiger partial charge on any atom is -0.436 e. The number of ether oxygens (including phenoxy) is 1. The fourth-order valence-electron chi connectivity index (χ4n) is 3.47. The maximum atomic E-state index is 10.3. The molecule has 1 aromatic heterocycles. The number of oxazole rings is 1. The summed E-state index contributed by atoms with van der Waals surface area (Å²) in [6, 6.07) is 15.5. The fraction of sp³-hybridized carbons (Fsp3) is 0.381. The summed E-state index contributed by atoms with van der Waals surface area (Å²) in [4.78, 5) is 4.52. The lowest BCUT2D eigenvalue weighted by atomic mass is 10.1. The number of aliphatic hydroxyl groups is 1. The Bertz CT molecular complexity index is 826. The summed E-state index contributed by atoms with van der Waals surface area (Å²) in [7, 11) is 0. The smallest absolute Gasteiger partial charge is 0.227 e. The standard InChI is InChI=1S/C21H24N2O3/c22-16-5-1-3-8-19(20(16)24)25-13-14-9-11-15(12-10-14)21-23-17-6-2-4-7-18(17)26-21/h2,4,6-7,9-12,16,19-20,24H,1,3,5,8,13,22H2/t16-,19-,20+/m1/s1. The van der Waals surface area contributed by atoms with Crippen molar-refractivity contribution < 1.29 is 14.3 Å². The molecule has 0 unspecified atom stereocenters. The van der Waals surface area contributed by atoms with Gasteiger partial charge in [0.25, 0.3) is 0 Å². The lowest BCUT2D eigenvalue weighted by Crippen LogP contribution is -2.42. The molecular formula is C21H24N2O3. The van der Waals surface area contributed by atoms with Gasteiger partial charge < -0.3 is 20.0 Å². The average molecular weight is 352 g/mol. The van der Waals surface area contributed by atoms with Crippen molar-refractivity contribution >= 4 is 11.1 Å². The number of para-hydroxylation sites is 2. The molecule has 1 saturated carbocycles. The fourth-order valence-corrected chi connectivity index (χ4v) is 3.47. The third-order valence-electron chi connectivity index (χ3n) is 5.05. The van der Waals surface area contributed by atoms with Gasteiger partial charge in [0.05, 0.1) is 18.8 Å². The Morgan fingerprint density at radius 3 is 2.65 bits per heavy atom. The van der Waals surface area contributed by atoms with Crippen molar-refractivity contribution in [3.8, 4) is 11.5 Å². The highest BCUT2D eigenvalue weighted by Gasteiger charge is 2.28. The van der Waals surface area contributed by atoms with E-state index in [4.69, 9.17) is 14.9 Å². The SMILES string of the molecule is N[C@@H]1CCCC[C@@H](OCc2ccc(-c3nc4ccccc4o3)cc2)[C@H]1O. The second-order valence-corrected chi connectivity index (χ2v) is 6.97. The highest BCUT2D eigenvalue weighted by Crippen LogP contribution is 2.25. The third-order valence-corrected chi connectivity index (χ3v) is 5.05. The van der Waals surface area contributed by atoms with Crippen molar-refractivity contribution in [1.82, 2.24) is 4.98 Å². The Morgan fingerprint density at radius 2 is 1.85 bits per heavy atom. The Hall–Kier alpha value is -2.21. The van der Waals surface area contributed by atoms with E-state index in [1.54, 1.807) is 0 Å². The van der Waals surface area contributed by atoms with E-state index < -0.39 is 6.10 Å². The largest absolute Gasteiger partial charge is 0.436 e. The maximum Gasteiger partial charge on any atom is 0.227 e. The van der Waals surface area contributed by atoms with Crippen LogP contribution in [0.3, 0.4) is 0 Å². The van der Waals surface area contributed by atoms with E-state index in [2.05, 4.69) is 4.98 Å². The summed E-state index contributed by atoms with van der Waals surface area (Å²) in [6.45, 7) is 0.461. The summed E-state index contributed by atoms with van der Waals surface area (Å²) in [5.74, 6) is 0.615. The predicted octanol–water partition coefficient (Wildman–Crippen LogP) is 3.64. The van der Waals surface area contributed by atoms with Gasteiger partial charge in [-0.2, -0.15) is 0 Å². The van der Waals surface area contributed by atoms with E-state index in [1.165, 1.54) is 0 Å². The Labute approximate surface area is 152 Å². The molecule has 4 rings (SSSR count). The van der Waals surface area contributed by atoms with Gasteiger partial charge in [0, 0.05) is 11.6 Å². The minimum atomic E-state index is -0.587. The van der Waals surface area contributed by atoms with Crippen LogP contribution >= 0.6 is 0 Å². The first-order valence-corrected chi connectivity index (χ1v) is 9.21. The number of aromatic nitrogens is 1. The van der Waals surface area contributed by atoms with E-state index in [0.717, 1.165) is 47.9 Å². The topological polar surface area (TPSA) is 81.5 Å². The lowest BCUT2D eigenvalue weighted by Gasteiger charge is -2.24. The molecule has 26 heavy (non-hydrogen) atoms. The van der Waals surface area contributed by atoms with Crippen molar-refractivity contribution in [2.45, 2.75) is 50.5 Å². The monoisotopic (exact) mass is 352 g/mol. The normalized spacial score (nSPS) is 23.8. The molecule has 1 fully saturated rings. The summed E-state index contributed by atoms with van der Waals surface area (Å²) >= 11 is 0. The van der Waals surface area contributed by atoms with Gasteiger partial charge in [0.15, 0.2) is 5.58 Å². The number of aliphatic hydroxyl groups excluding tert-OH is 1. The molecule has 1 heterocycles. The van der Waals surface area contributed by atoms with Crippen LogP contribution in [-0.2, 0) is 11.3 Å². The van der Waals surface area contributed by atoms with Gasteiger partial charge in [0.2, 0.25) is 5.89 Å². The van der Waals surface area contributed by atoms with Gasteiger partial charge in [0.1, 0.15) is 5.52 Å². The van der Waals surface area contributed by atoms with Gasteiger partial charge in [-0.1, -0.05) is 37.1 Å². The second kappa shape index (κ2) is 7.58. The first-order chi connectivity index (χ1) is 12.7. The van der Waals surface area contributed by atoms with Crippen molar-refractivity contribution in [3.05, 3.63) is 54.1 Å². The third kappa shape index (κ3) is 3.65. The average Bonchev–Trinajstić information content (AvgIpc) is 3.04. The van der Waals surface area contributed by atoms with Crippen LogP contribution in [0.5, 0.6) is 0 Å². The molecule has 3 aromatic rings. The molecular weight excluding hydrogens is 328 g/mol. The zero-order valence-corrected chi connectivity index (χ0v) is 14.7. The van der Waals surface area contributed by atoms with Crippen LogP contribution in [0, 0.1) is 0 Å². The zero-order valence-electron chi connectivity index (χ0n) is 14.7. The van der Waals surface area contributed by atoms with Gasteiger partial charge in [-0.3, -0.25) is 0 Å². The number of hydrogen-bond acceptors (Lipinski definition) is 5. The van der Waals surface area contributed by atoms with Crippen molar-refractivity contribution in [2.24, 2.45) is 5.73 Å². The van der Waals surface area contributed by atoms with Crippen LogP contribution < -0.4 is 5.73 Å². The molecule has 1 aliphatic carbocycles. The molecule has 5 heteroatoms. The highest BCUT2D eigenvalue weighted by atomic mass is 16.5. The van der Waals surface area contributed by atoms with Crippen LogP contribution in [0.2, 0.25) is 0 Å².